The van der Waals surface area contributed by atoms with Crippen LogP contribution in [-0.4, -0.2) is 58.2 Å². The molecule has 0 N–H and O–H groups in total. The average molecular weight is 323 g/mol. The minimum absolute atomic E-state index is 0.146. The van der Waals surface area contributed by atoms with Gasteiger partial charge in [0, 0.05) is 33.1 Å². The first-order valence-corrected chi connectivity index (χ1v) is 8.89. The van der Waals surface area contributed by atoms with Crippen LogP contribution in [0.3, 0.4) is 0 Å². The quantitative estimate of drug-likeness (QED) is 0.786. The molecule has 1 aliphatic heterocycles. The van der Waals surface area contributed by atoms with Crippen LogP contribution in [0.4, 0.5) is 5.82 Å². The number of nitrogens with zero attached hydrogens (tertiary/aromatic N) is 5. The van der Waals surface area contributed by atoms with Crippen molar-refractivity contribution in [1.82, 2.24) is 19.9 Å². The fraction of sp³-hybridized carbons (Fsp3) is 0.538. The molecule has 0 radical (unpaired) electrons. The van der Waals surface area contributed by atoms with Crippen LogP contribution in [-0.2, 0) is 4.79 Å². The van der Waals surface area contributed by atoms with E-state index >= 15 is 0 Å². The van der Waals surface area contributed by atoms with E-state index in [0.717, 1.165) is 53.1 Å². The second-order valence-corrected chi connectivity index (χ2v) is 6.93. The molecule has 3 rings (SSSR count). The minimum atomic E-state index is 0.146. The lowest BCUT2D eigenvalue weighted by Crippen LogP contribution is -2.33. The highest BCUT2D eigenvalue weighted by atomic mass is 32.2. The molecule has 1 fully saturated rings. The van der Waals surface area contributed by atoms with E-state index in [-0.39, 0.29) is 5.91 Å². The van der Waals surface area contributed by atoms with Crippen molar-refractivity contribution in [2.45, 2.75) is 17.7 Å². The Kier molecular flexibility index (Phi) is 4.25. The Morgan fingerprint density at radius 1 is 1.29 bits per heavy atom. The van der Waals surface area contributed by atoms with Gasteiger partial charge < -0.3 is 9.80 Å². The third-order valence-electron chi connectivity index (χ3n) is 3.57. The zero-order valence-electron chi connectivity index (χ0n) is 12.1. The van der Waals surface area contributed by atoms with Gasteiger partial charge in [0.2, 0.25) is 5.91 Å². The van der Waals surface area contributed by atoms with Crippen LogP contribution in [0.2, 0.25) is 0 Å². The van der Waals surface area contributed by atoms with Gasteiger partial charge in [-0.3, -0.25) is 4.79 Å². The number of amides is 1. The number of thiazole rings is 1. The van der Waals surface area contributed by atoms with E-state index in [2.05, 4.69) is 19.9 Å². The Bertz CT molecular complexity index is 659. The summed E-state index contributed by atoms with van der Waals surface area (Å²) in [5.74, 6) is 1.09. The molecule has 1 saturated heterocycles. The SMILES string of the molecule is CSc1nc2ncnc(N3CCCN(C(C)=O)CC3)c2s1. The number of hydrogen-bond donors (Lipinski definition) is 0. The molecule has 0 bridgehead atoms. The summed E-state index contributed by atoms with van der Waals surface area (Å²) in [5, 5.41) is 0. The summed E-state index contributed by atoms with van der Waals surface area (Å²) in [6, 6.07) is 0. The lowest BCUT2D eigenvalue weighted by molar-refractivity contribution is -0.128. The zero-order chi connectivity index (χ0) is 14.8. The second-order valence-electron chi connectivity index (χ2n) is 4.88. The Labute approximate surface area is 131 Å². The first kappa shape index (κ1) is 14.5. The number of hydrogen-bond acceptors (Lipinski definition) is 7. The highest BCUT2D eigenvalue weighted by Gasteiger charge is 2.20. The Morgan fingerprint density at radius 3 is 2.90 bits per heavy atom. The van der Waals surface area contributed by atoms with Crippen molar-refractivity contribution in [1.29, 1.82) is 0 Å². The normalized spacial score (nSPS) is 16.3. The van der Waals surface area contributed by atoms with Crippen LogP contribution in [0.15, 0.2) is 10.7 Å². The molecule has 2 aromatic heterocycles. The number of thioether (sulfide) groups is 1. The number of carbonyl (C=O) groups excluding carboxylic acids is 1. The maximum atomic E-state index is 11.5. The molecule has 112 valence electrons. The van der Waals surface area contributed by atoms with Gasteiger partial charge in [0.25, 0.3) is 0 Å². The lowest BCUT2D eigenvalue weighted by atomic mass is 10.3. The fourth-order valence-electron chi connectivity index (χ4n) is 2.48. The number of anilines is 1. The summed E-state index contributed by atoms with van der Waals surface area (Å²) in [6.07, 6.45) is 4.55. The predicted octanol–water partition coefficient (Wildman–Crippen LogP) is 1.87. The van der Waals surface area contributed by atoms with Crippen molar-refractivity contribution in [3.8, 4) is 0 Å². The van der Waals surface area contributed by atoms with Crippen LogP contribution in [0.25, 0.3) is 10.3 Å². The van der Waals surface area contributed by atoms with Gasteiger partial charge in [-0.2, -0.15) is 0 Å². The predicted molar refractivity (Wildman–Crippen MR) is 86.1 cm³/mol. The maximum Gasteiger partial charge on any atom is 0.219 e. The Morgan fingerprint density at radius 2 is 2.14 bits per heavy atom. The number of fused-ring (bicyclic) bond motifs is 1. The van der Waals surface area contributed by atoms with Crippen LogP contribution >= 0.6 is 23.1 Å². The van der Waals surface area contributed by atoms with Gasteiger partial charge in [0.15, 0.2) is 15.8 Å². The van der Waals surface area contributed by atoms with Crippen LogP contribution in [0.5, 0.6) is 0 Å². The molecule has 0 atom stereocenters. The molecule has 1 amide bonds. The van der Waals surface area contributed by atoms with E-state index in [1.165, 1.54) is 0 Å². The Balaban J connectivity index is 1.89. The van der Waals surface area contributed by atoms with Crippen LogP contribution in [0, 0.1) is 0 Å². The van der Waals surface area contributed by atoms with Crippen LogP contribution in [0.1, 0.15) is 13.3 Å². The maximum absolute atomic E-state index is 11.5. The number of rotatable bonds is 2. The Hall–Kier alpha value is -1.41. The summed E-state index contributed by atoms with van der Waals surface area (Å²) in [7, 11) is 0. The molecule has 8 heteroatoms. The van der Waals surface area contributed by atoms with Gasteiger partial charge in [0.1, 0.15) is 11.0 Å². The van der Waals surface area contributed by atoms with Crippen molar-refractivity contribution in [2.24, 2.45) is 0 Å². The van der Waals surface area contributed by atoms with Gasteiger partial charge in [-0.15, -0.1) is 11.3 Å². The molecule has 0 aliphatic carbocycles. The van der Waals surface area contributed by atoms with E-state index < -0.39 is 0 Å². The first-order chi connectivity index (χ1) is 10.2. The van der Waals surface area contributed by atoms with Crippen molar-refractivity contribution in [3.63, 3.8) is 0 Å². The van der Waals surface area contributed by atoms with Crippen molar-refractivity contribution in [2.75, 3.05) is 37.3 Å². The summed E-state index contributed by atoms with van der Waals surface area (Å²) < 4.78 is 2.05. The van der Waals surface area contributed by atoms with E-state index in [1.807, 2.05) is 11.2 Å². The summed E-state index contributed by atoms with van der Waals surface area (Å²) in [4.78, 5) is 28.9. The van der Waals surface area contributed by atoms with Gasteiger partial charge >= 0.3 is 0 Å². The first-order valence-electron chi connectivity index (χ1n) is 6.85. The van der Waals surface area contributed by atoms with Gasteiger partial charge in [0.05, 0.1) is 0 Å². The average Bonchev–Trinajstić information content (AvgIpc) is 2.75. The highest BCUT2D eigenvalue weighted by Crippen LogP contribution is 2.32. The fourth-order valence-corrected chi connectivity index (χ4v) is 4.01. The third kappa shape index (κ3) is 2.96. The van der Waals surface area contributed by atoms with E-state index in [4.69, 9.17) is 0 Å². The monoisotopic (exact) mass is 323 g/mol. The van der Waals surface area contributed by atoms with Crippen molar-refractivity contribution in [3.05, 3.63) is 6.33 Å². The highest BCUT2D eigenvalue weighted by molar-refractivity contribution is 8.00. The molecule has 0 unspecified atom stereocenters. The zero-order valence-corrected chi connectivity index (χ0v) is 13.7. The van der Waals surface area contributed by atoms with Gasteiger partial charge in [-0.25, -0.2) is 15.0 Å². The minimum Gasteiger partial charge on any atom is -0.353 e. The number of carbonyl (C=O) groups is 1. The topological polar surface area (TPSA) is 62.2 Å². The molecule has 6 nitrogen and oxygen atoms in total. The van der Waals surface area contributed by atoms with Crippen molar-refractivity contribution >= 4 is 45.2 Å². The standard InChI is InChI=1S/C13H17N5OS2/c1-9(19)17-4-3-5-18(7-6-17)12-10-11(14-8-15-12)16-13(20-2)21-10/h8H,3-7H2,1-2H3. The molecule has 21 heavy (non-hydrogen) atoms. The second kappa shape index (κ2) is 6.15. The smallest absolute Gasteiger partial charge is 0.219 e. The van der Waals surface area contributed by atoms with Gasteiger partial charge in [-0.05, 0) is 12.7 Å². The molecule has 3 heterocycles. The third-order valence-corrected chi connectivity index (χ3v) is 5.59. The summed E-state index contributed by atoms with van der Waals surface area (Å²) >= 11 is 3.26. The lowest BCUT2D eigenvalue weighted by Gasteiger charge is -2.22. The van der Waals surface area contributed by atoms with E-state index in [9.17, 15) is 4.79 Å². The molecular formula is C13H17N5OS2. The van der Waals surface area contributed by atoms with Crippen LogP contribution < -0.4 is 4.90 Å². The molecule has 0 spiro atoms. The molecule has 0 aromatic carbocycles. The number of aromatic nitrogens is 3. The summed E-state index contributed by atoms with van der Waals surface area (Å²) in [6.45, 7) is 4.90. The largest absolute Gasteiger partial charge is 0.353 e. The molecule has 2 aromatic rings. The van der Waals surface area contributed by atoms with Gasteiger partial charge in [-0.1, -0.05) is 11.8 Å². The van der Waals surface area contributed by atoms with Crippen molar-refractivity contribution < 1.29 is 4.79 Å². The van der Waals surface area contributed by atoms with E-state index in [1.54, 1.807) is 36.3 Å². The molecule has 1 aliphatic rings. The summed E-state index contributed by atoms with van der Waals surface area (Å²) in [5.41, 5.74) is 0.766. The molecule has 0 saturated carbocycles. The molecular weight excluding hydrogens is 306 g/mol. The van der Waals surface area contributed by atoms with E-state index in [0.29, 0.717) is 0 Å².